The molecule has 5 rings (SSSR count). The Bertz CT molecular complexity index is 1150. The minimum Gasteiger partial charge on any atom is -0.465 e. The van der Waals surface area contributed by atoms with Gasteiger partial charge in [0.1, 0.15) is 6.10 Å². The number of nitrogens with two attached hydrogens (primary N) is 1. The fourth-order valence-electron chi connectivity index (χ4n) is 12.5. The van der Waals surface area contributed by atoms with Gasteiger partial charge in [0.15, 0.2) is 0 Å². The van der Waals surface area contributed by atoms with Crippen molar-refractivity contribution in [2.45, 2.75) is 132 Å². The van der Waals surface area contributed by atoms with Crippen LogP contribution in [-0.2, 0) is 23.9 Å². The number of nitrogens with one attached hydrogen (secondary N) is 1. The van der Waals surface area contributed by atoms with Crippen LogP contribution >= 0.6 is 0 Å². The van der Waals surface area contributed by atoms with Gasteiger partial charge in [-0.05, 0) is 117 Å². The Balaban J connectivity index is 1.42. The molecule has 5 fully saturated rings. The summed E-state index contributed by atoms with van der Waals surface area (Å²) in [6.45, 7) is 21.2. The zero-order chi connectivity index (χ0) is 31.6. The van der Waals surface area contributed by atoms with Crippen molar-refractivity contribution < 1.29 is 23.9 Å². The minimum absolute atomic E-state index is 0.00290. The Hall–Kier alpha value is -1.89. The van der Waals surface area contributed by atoms with Gasteiger partial charge in [-0.25, -0.2) is 5.84 Å². The van der Waals surface area contributed by atoms with Crippen molar-refractivity contribution in [3.05, 3.63) is 12.2 Å². The molecule has 0 saturated heterocycles. The van der Waals surface area contributed by atoms with Crippen LogP contribution in [0, 0.1) is 56.7 Å². The van der Waals surface area contributed by atoms with Crippen molar-refractivity contribution in [2.24, 2.45) is 62.5 Å². The maximum Gasteiger partial charge on any atom is 0.306 e. The van der Waals surface area contributed by atoms with Crippen molar-refractivity contribution in [2.75, 3.05) is 6.61 Å². The molecule has 0 unspecified atom stereocenters. The summed E-state index contributed by atoms with van der Waals surface area (Å²) in [6.07, 6.45) is 11.5. The lowest BCUT2D eigenvalue weighted by Gasteiger charge is -2.73. The average Bonchev–Trinajstić information content (AvgIpc) is 3.32. The van der Waals surface area contributed by atoms with Crippen LogP contribution in [0.4, 0.5) is 0 Å². The molecule has 5 saturated carbocycles. The van der Waals surface area contributed by atoms with Crippen LogP contribution < -0.4 is 11.3 Å². The summed E-state index contributed by atoms with van der Waals surface area (Å²) < 4.78 is 11.9. The molecular formula is C36H58N2O5. The number of ether oxygens (including phenoxy) is 2. The smallest absolute Gasteiger partial charge is 0.306 e. The Morgan fingerprint density at radius 2 is 1.56 bits per heavy atom. The van der Waals surface area contributed by atoms with Gasteiger partial charge in [-0.15, -0.1) is 0 Å². The number of amides is 1. The fourth-order valence-corrected chi connectivity index (χ4v) is 12.5. The number of hydrazine groups is 1. The molecule has 5 aliphatic rings. The van der Waals surface area contributed by atoms with Crippen molar-refractivity contribution in [1.29, 1.82) is 0 Å². The summed E-state index contributed by atoms with van der Waals surface area (Å²) in [5.41, 5.74) is 3.98. The summed E-state index contributed by atoms with van der Waals surface area (Å²) >= 11 is 0. The fraction of sp³-hybridized carbons (Fsp3) is 0.861. The highest BCUT2D eigenvalue weighted by Gasteiger charge is 2.71. The van der Waals surface area contributed by atoms with Crippen LogP contribution in [0.5, 0.6) is 0 Å². The van der Waals surface area contributed by atoms with Gasteiger partial charge in [0, 0.05) is 24.2 Å². The summed E-state index contributed by atoms with van der Waals surface area (Å²) in [7, 11) is 0. The van der Waals surface area contributed by atoms with E-state index in [2.05, 4.69) is 53.5 Å². The predicted octanol–water partition coefficient (Wildman–Crippen LogP) is 6.89. The van der Waals surface area contributed by atoms with Gasteiger partial charge in [0.05, 0.1) is 13.0 Å². The SMILES string of the molecule is C=C(C)[C@H]1CC[C@]2(COC(=O)CCC(=O)NN)CC[C@@]3(C)[C@H](CC[C@@H]4[C@]5(C)CC[C@@H](OC(C)=O)C(C)(C)[C@@H]5CC[C@@]43C)[C@H]12. The second-order valence-electron chi connectivity index (χ2n) is 16.7. The summed E-state index contributed by atoms with van der Waals surface area (Å²) in [4.78, 5) is 36.3. The van der Waals surface area contributed by atoms with E-state index in [9.17, 15) is 14.4 Å². The first-order chi connectivity index (χ1) is 20.1. The second kappa shape index (κ2) is 11.2. The molecule has 0 aliphatic heterocycles. The third-order valence-electron chi connectivity index (χ3n) is 14.7. The Morgan fingerprint density at radius 1 is 0.837 bits per heavy atom. The van der Waals surface area contributed by atoms with Crippen LogP contribution in [0.15, 0.2) is 12.2 Å². The number of esters is 2. The van der Waals surface area contributed by atoms with E-state index in [4.69, 9.17) is 15.3 Å². The molecule has 7 heteroatoms. The Kier molecular flexibility index (Phi) is 8.44. The van der Waals surface area contributed by atoms with Crippen molar-refractivity contribution in [3.63, 3.8) is 0 Å². The molecule has 7 nitrogen and oxygen atoms in total. The number of rotatable bonds is 7. The number of hydrogen-bond acceptors (Lipinski definition) is 6. The topological polar surface area (TPSA) is 108 Å². The number of carbonyl (C=O) groups excluding carboxylic acids is 3. The van der Waals surface area contributed by atoms with E-state index < -0.39 is 0 Å². The summed E-state index contributed by atoms with van der Waals surface area (Å²) in [5, 5.41) is 0. The molecule has 0 aromatic heterocycles. The lowest BCUT2D eigenvalue weighted by atomic mass is 9.32. The molecule has 0 heterocycles. The molecule has 43 heavy (non-hydrogen) atoms. The predicted molar refractivity (Wildman–Crippen MR) is 167 cm³/mol. The van der Waals surface area contributed by atoms with Crippen molar-refractivity contribution in [1.82, 2.24) is 5.43 Å². The number of allylic oxidation sites excluding steroid dienone is 1. The van der Waals surface area contributed by atoms with Crippen LogP contribution in [-0.4, -0.2) is 30.6 Å². The number of fused-ring (bicyclic) bond motifs is 7. The van der Waals surface area contributed by atoms with E-state index in [1.54, 1.807) is 6.92 Å². The number of hydrogen-bond donors (Lipinski definition) is 2. The zero-order valence-corrected chi connectivity index (χ0v) is 28.0. The molecule has 0 aromatic carbocycles. The quantitative estimate of drug-likeness (QED) is 0.109. The Labute approximate surface area is 259 Å². The second-order valence-corrected chi connectivity index (χ2v) is 16.7. The maximum absolute atomic E-state index is 12.7. The third-order valence-corrected chi connectivity index (χ3v) is 14.7. The van der Waals surface area contributed by atoms with Crippen LogP contribution in [0.1, 0.15) is 126 Å². The van der Waals surface area contributed by atoms with Gasteiger partial charge in [-0.2, -0.15) is 0 Å². The van der Waals surface area contributed by atoms with Gasteiger partial charge >= 0.3 is 11.9 Å². The molecule has 242 valence electrons. The third kappa shape index (κ3) is 4.98. The van der Waals surface area contributed by atoms with E-state index in [1.807, 2.05) is 0 Å². The lowest BCUT2D eigenvalue weighted by Crippen LogP contribution is -2.67. The highest BCUT2D eigenvalue weighted by Crippen LogP contribution is 2.77. The van der Waals surface area contributed by atoms with E-state index in [0.717, 1.165) is 38.5 Å². The zero-order valence-electron chi connectivity index (χ0n) is 28.0. The first kappa shape index (κ1) is 32.5. The van der Waals surface area contributed by atoms with Gasteiger partial charge in [-0.3, -0.25) is 19.8 Å². The molecular weight excluding hydrogens is 540 g/mol. The van der Waals surface area contributed by atoms with Crippen LogP contribution in [0.25, 0.3) is 0 Å². The summed E-state index contributed by atoms with van der Waals surface area (Å²) in [5.74, 6) is 7.05. The molecule has 1 amide bonds. The largest absolute Gasteiger partial charge is 0.465 e. The standard InChI is InChI=1S/C36H58N2O5/c1-22(2)24-13-18-36(21-42-30(41)12-11-29(40)38-37)20-19-34(7)25(31(24)36)9-10-27-33(6)16-15-28(43-23(3)39)32(4,5)26(33)14-17-35(27,34)8/h24-28,31H,1,9-21,37H2,2-8H3,(H,38,40)/t24-,25-,26+,27-,28-,31+,33-,34+,35+,36-/m1/s1. The Morgan fingerprint density at radius 3 is 2.21 bits per heavy atom. The first-order valence-corrected chi connectivity index (χ1v) is 17.0. The summed E-state index contributed by atoms with van der Waals surface area (Å²) in [6, 6.07) is 0. The van der Waals surface area contributed by atoms with E-state index in [-0.39, 0.29) is 63.9 Å². The molecule has 10 atom stereocenters. The maximum atomic E-state index is 12.7. The van der Waals surface area contributed by atoms with Crippen molar-refractivity contribution >= 4 is 17.8 Å². The van der Waals surface area contributed by atoms with Crippen molar-refractivity contribution in [3.8, 4) is 0 Å². The normalized spacial score (nSPS) is 44.6. The molecule has 0 radical (unpaired) electrons. The average molecular weight is 599 g/mol. The lowest BCUT2D eigenvalue weighted by molar-refractivity contribution is -0.252. The van der Waals surface area contributed by atoms with Crippen LogP contribution in [0.2, 0.25) is 0 Å². The van der Waals surface area contributed by atoms with Gasteiger partial charge in [0.25, 0.3) is 0 Å². The van der Waals surface area contributed by atoms with Gasteiger partial charge in [0.2, 0.25) is 5.91 Å². The highest BCUT2D eigenvalue weighted by atomic mass is 16.5. The molecule has 5 aliphatic carbocycles. The highest BCUT2D eigenvalue weighted by molar-refractivity contribution is 5.80. The van der Waals surface area contributed by atoms with E-state index in [1.165, 1.54) is 31.3 Å². The molecule has 0 bridgehead atoms. The molecule has 3 N–H and O–H groups in total. The van der Waals surface area contributed by atoms with Crippen LogP contribution in [0.3, 0.4) is 0 Å². The van der Waals surface area contributed by atoms with Gasteiger partial charge < -0.3 is 9.47 Å². The first-order valence-electron chi connectivity index (χ1n) is 17.0. The minimum atomic E-state index is -0.346. The molecule has 0 spiro atoms. The van der Waals surface area contributed by atoms with E-state index in [0.29, 0.717) is 36.2 Å². The number of carbonyl (C=O) groups is 3. The monoisotopic (exact) mass is 598 g/mol. The van der Waals surface area contributed by atoms with Gasteiger partial charge in [-0.1, -0.05) is 46.8 Å². The molecule has 0 aromatic rings. The van der Waals surface area contributed by atoms with E-state index >= 15 is 0 Å².